The van der Waals surface area contributed by atoms with Gasteiger partial charge in [0.1, 0.15) is 12.4 Å². The lowest BCUT2D eigenvalue weighted by atomic mass is 10.2. The second-order valence-corrected chi connectivity index (χ2v) is 4.69. The van der Waals surface area contributed by atoms with Gasteiger partial charge in [-0.15, -0.1) is 0 Å². The number of hydrogen-bond acceptors (Lipinski definition) is 3. The van der Waals surface area contributed by atoms with E-state index in [1.807, 2.05) is 24.3 Å². The zero-order valence-electron chi connectivity index (χ0n) is 13.2. The van der Waals surface area contributed by atoms with E-state index in [1.165, 1.54) is 0 Å². The topological polar surface area (TPSA) is 54.9 Å². The van der Waals surface area contributed by atoms with Crippen LogP contribution in [-0.4, -0.2) is 46.1 Å². The van der Waals surface area contributed by atoms with Gasteiger partial charge in [-0.05, 0) is 12.5 Å². The Morgan fingerprint density at radius 3 is 2.61 bits per heavy atom. The lowest BCUT2D eigenvalue weighted by Gasteiger charge is -2.14. The molecule has 0 spiro atoms. The Bertz CT molecular complexity index is 493. The standard InChI is InChI=1S/C15H22F3N3O2/c1-19-14(20-8-5-9-23-11-15(16,17)18)21-10-12-6-3-4-7-13(12)22-2/h3-4,6-7H,5,8-11H2,1-2H3,(H2,19,20,21). The van der Waals surface area contributed by atoms with E-state index in [4.69, 9.17) is 4.74 Å². The Labute approximate surface area is 133 Å². The van der Waals surface area contributed by atoms with Crippen molar-refractivity contribution in [2.45, 2.75) is 19.1 Å². The minimum atomic E-state index is -4.28. The highest BCUT2D eigenvalue weighted by molar-refractivity contribution is 5.79. The van der Waals surface area contributed by atoms with E-state index >= 15 is 0 Å². The molecule has 0 aromatic heterocycles. The minimum absolute atomic E-state index is 0.0377. The summed E-state index contributed by atoms with van der Waals surface area (Å²) in [6, 6.07) is 7.60. The fraction of sp³-hybridized carbons (Fsp3) is 0.533. The van der Waals surface area contributed by atoms with Crippen molar-refractivity contribution in [1.82, 2.24) is 10.6 Å². The summed E-state index contributed by atoms with van der Waals surface area (Å²) < 4.78 is 45.5. The number of ether oxygens (including phenoxy) is 2. The molecular weight excluding hydrogens is 311 g/mol. The van der Waals surface area contributed by atoms with Gasteiger partial charge in [0.2, 0.25) is 0 Å². The lowest BCUT2D eigenvalue weighted by molar-refractivity contribution is -0.173. The van der Waals surface area contributed by atoms with Crippen LogP contribution in [0.1, 0.15) is 12.0 Å². The maximum atomic E-state index is 11.9. The molecule has 1 aromatic carbocycles. The van der Waals surface area contributed by atoms with Crippen LogP contribution in [0, 0.1) is 0 Å². The molecule has 0 amide bonds. The van der Waals surface area contributed by atoms with Gasteiger partial charge in [0.15, 0.2) is 5.96 Å². The van der Waals surface area contributed by atoms with Gasteiger partial charge < -0.3 is 20.1 Å². The molecule has 8 heteroatoms. The first-order valence-electron chi connectivity index (χ1n) is 7.17. The molecule has 1 aromatic rings. The third-order valence-electron chi connectivity index (χ3n) is 2.89. The molecule has 130 valence electrons. The molecule has 1 rings (SSSR count). The van der Waals surface area contributed by atoms with Gasteiger partial charge in [-0.2, -0.15) is 13.2 Å². The van der Waals surface area contributed by atoms with Crippen LogP contribution >= 0.6 is 0 Å². The van der Waals surface area contributed by atoms with Crippen LogP contribution in [0.15, 0.2) is 29.3 Å². The fourth-order valence-electron chi connectivity index (χ4n) is 1.82. The van der Waals surface area contributed by atoms with Crippen molar-refractivity contribution in [2.24, 2.45) is 4.99 Å². The smallest absolute Gasteiger partial charge is 0.411 e. The van der Waals surface area contributed by atoms with Gasteiger partial charge in [0.05, 0.1) is 7.11 Å². The van der Waals surface area contributed by atoms with Gasteiger partial charge in [0, 0.05) is 32.3 Å². The van der Waals surface area contributed by atoms with Crippen LogP contribution < -0.4 is 15.4 Å². The predicted molar refractivity (Wildman–Crippen MR) is 82.7 cm³/mol. The summed E-state index contributed by atoms with van der Waals surface area (Å²) in [5.74, 6) is 1.34. The molecule has 0 saturated carbocycles. The highest BCUT2D eigenvalue weighted by Gasteiger charge is 2.27. The number of nitrogens with one attached hydrogen (secondary N) is 2. The highest BCUT2D eigenvalue weighted by atomic mass is 19.4. The SMILES string of the molecule is CN=C(NCCCOCC(F)(F)F)NCc1ccccc1OC. The number of aliphatic imine (C=N–C) groups is 1. The van der Waals surface area contributed by atoms with E-state index in [0.29, 0.717) is 25.5 Å². The monoisotopic (exact) mass is 333 g/mol. The second kappa shape index (κ2) is 9.94. The normalized spacial score (nSPS) is 12.1. The van der Waals surface area contributed by atoms with Crippen LogP contribution in [0.5, 0.6) is 5.75 Å². The zero-order valence-corrected chi connectivity index (χ0v) is 13.2. The van der Waals surface area contributed by atoms with Crippen LogP contribution in [0.25, 0.3) is 0 Å². The number of para-hydroxylation sites is 1. The summed E-state index contributed by atoms with van der Waals surface area (Å²) in [6.07, 6.45) is -3.83. The van der Waals surface area contributed by atoms with E-state index < -0.39 is 12.8 Å². The predicted octanol–water partition coefficient (Wildman–Crippen LogP) is 2.33. The molecule has 5 nitrogen and oxygen atoms in total. The average molecular weight is 333 g/mol. The summed E-state index contributed by atoms with van der Waals surface area (Å²) in [7, 11) is 3.23. The Hall–Kier alpha value is -1.96. The van der Waals surface area contributed by atoms with Crippen molar-refractivity contribution in [3.05, 3.63) is 29.8 Å². The van der Waals surface area contributed by atoms with Gasteiger partial charge in [-0.3, -0.25) is 4.99 Å². The Morgan fingerprint density at radius 1 is 1.22 bits per heavy atom. The first-order chi connectivity index (χ1) is 11.0. The largest absolute Gasteiger partial charge is 0.496 e. The van der Waals surface area contributed by atoms with E-state index in [9.17, 15) is 13.2 Å². The molecule has 0 heterocycles. The number of guanidine groups is 1. The first kappa shape index (κ1) is 19.1. The number of hydrogen-bond donors (Lipinski definition) is 2. The highest BCUT2D eigenvalue weighted by Crippen LogP contribution is 2.16. The van der Waals surface area contributed by atoms with Crippen molar-refractivity contribution in [1.29, 1.82) is 0 Å². The first-order valence-corrected chi connectivity index (χ1v) is 7.17. The van der Waals surface area contributed by atoms with Crippen molar-refractivity contribution in [3.63, 3.8) is 0 Å². The number of alkyl halides is 3. The molecule has 2 N–H and O–H groups in total. The van der Waals surface area contributed by atoms with Crippen molar-refractivity contribution in [3.8, 4) is 5.75 Å². The second-order valence-electron chi connectivity index (χ2n) is 4.69. The Balaban J connectivity index is 2.25. The summed E-state index contributed by atoms with van der Waals surface area (Å²) in [4.78, 5) is 4.05. The molecule has 0 saturated heterocycles. The van der Waals surface area contributed by atoms with E-state index in [1.54, 1.807) is 14.2 Å². The number of rotatable bonds is 8. The molecule has 0 fully saturated rings. The molecule has 0 atom stereocenters. The summed E-state index contributed by atoms with van der Waals surface area (Å²) >= 11 is 0. The molecule has 0 bridgehead atoms. The average Bonchev–Trinajstić information content (AvgIpc) is 2.52. The Kier molecular flexibility index (Phi) is 8.25. The number of benzene rings is 1. The Morgan fingerprint density at radius 2 is 1.96 bits per heavy atom. The van der Waals surface area contributed by atoms with Crippen LogP contribution in [0.2, 0.25) is 0 Å². The third kappa shape index (κ3) is 8.29. The van der Waals surface area contributed by atoms with Gasteiger partial charge in [-0.1, -0.05) is 18.2 Å². The third-order valence-corrected chi connectivity index (χ3v) is 2.89. The molecular formula is C15H22F3N3O2. The van der Waals surface area contributed by atoms with Crippen LogP contribution in [-0.2, 0) is 11.3 Å². The minimum Gasteiger partial charge on any atom is -0.496 e. The molecule has 0 aliphatic rings. The molecule has 0 aliphatic heterocycles. The number of nitrogens with zero attached hydrogens (tertiary/aromatic N) is 1. The van der Waals surface area contributed by atoms with Gasteiger partial charge in [0.25, 0.3) is 0 Å². The molecule has 0 unspecified atom stereocenters. The zero-order chi connectivity index (χ0) is 17.1. The van der Waals surface area contributed by atoms with E-state index in [2.05, 4.69) is 20.4 Å². The van der Waals surface area contributed by atoms with E-state index in [-0.39, 0.29) is 6.61 Å². The molecule has 0 aliphatic carbocycles. The fourth-order valence-corrected chi connectivity index (χ4v) is 1.82. The van der Waals surface area contributed by atoms with Crippen molar-refractivity contribution in [2.75, 3.05) is 33.9 Å². The van der Waals surface area contributed by atoms with Crippen molar-refractivity contribution >= 4 is 5.96 Å². The molecule has 0 radical (unpaired) electrons. The van der Waals surface area contributed by atoms with Crippen molar-refractivity contribution < 1.29 is 22.6 Å². The number of methoxy groups -OCH3 is 1. The van der Waals surface area contributed by atoms with Crippen LogP contribution in [0.4, 0.5) is 13.2 Å². The number of halogens is 3. The molecule has 23 heavy (non-hydrogen) atoms. The summed E-state index contributed by atoms with van der Waals surface area (Å²) in [5, 5.41) is 6.13. The van der Waals surface area contributed by atoms with Gasteiger partial charge in [-0.25, -0.2) is 0 Å². The van der Waals surface area contributed by atoms with E-state index in [0.717, 1.165) is 11.3 Å². The maximum absolute atomic E-state index is 11.9. The van der Waals surface area contributed by atoms with Crippen LogP contribution in [0.3, 0.4) is 0 Å². The maximum Gasteiger partial charge on any atom is 0.411 e. The lowest BCUT2D eigenvalue weighted by Crippen LogP contribution is -2.37. The quantitative estimate of drug-likeness (QED) is 0.436. The summed E-state index contributed by atoms with van der Waals surface area (Å²) in [5.41, 5.74) is 0.978. The summed E-state index contributed by atoms with van der Waals surface area (Å²) in [6.45, 7) is -0.193. The van der Waals surface area contributed by atoms with Gasteiger partial charge >= 0.3 is 6.18 Å².